The number of hydrogen-bond acceptors (Lipinski definition) is 5. The zero-order valence-electron chi connectivity index (χ0n) is 15.7. The van der Waals surface area contributed by atoms with Crippen molar-refractivity contribution < 1.29 is 18.2 Å². The second-order valence-electron chi connectivity index (χ2n) is 6.55. The van der Waals surface area contributed by atoms with E-state index in [1.54, 1.807) is 18.7 Å². The third kappa shape index (κ3) is 4.52. The normalized spacial score (nSPS) is 20.9. The molecule has 0 radical (unpaired) electrons. The molecule has 8 nitrogen and oxygen atoms in total. The predicted molar refractivity (Wildman–Crippen MR) is 101 cm³/mol. The van der Waals surface area contributed by atoms with Crippen LogP contribution in [0.15, 0.2) is 23.1 Å². The Kier molecular flexibility index (Phi) is 6.96. The molecule has 26 heavy (non-hydrogen) atoms. The summed E-state index contributed by atoms with van der Waals surface area (Å²) >= 11 is 0. The number of benzene rings is 1. The monoisotopic (exact) mass is 385 g/mol. The highest BCUT2D eigenvalue weighted by molar-refractivity contribution is 7.89. The molecule has 0 unspecified atom stereocenters. The summed E-state index contributed by atoms with van der Waals surface area (Å²) in [6, 6.07) is 4.32. The number of anilines is 1. The van der Waals surface area contributed by atoms with Crippen molar-refractivity contribution in [2.24, 2.45) is 0 Å². The number of rotatable bonds is 8. The highest BCUT2D eigenvalue weighted by Crippen LogP contribution is 2.30. The van der Waals surface area contributed by atoms with Crippen molar-refractivity contribution in [1.29, 1.82) is 0 Å². The van der Waals surface area contributed by atoms with E-state index in [4.69, 9.17) is 0 Å². The van der Waals surface area contributed by atoms with Crippen LogP contribution in [0.4, 0.5) is 11.4 Å². The maximum atomic E-state index is 12.6. The molecule has 0 aromatic heterocycles. The van der Waals surface area contributed by atoms with E-state index in [1.807, 2.05) is 0 Å². The lowest BCUT2D eigenvalue weighted by molar-refractivity contribution is -0.903. The predicted octanol–water partition coefficient (Wildman–Crippen LogP) is 1.10. The van der Waals surface area contributed by atoms with Gasteiger partial charge in [0.05, 0.1) is 29.5 Å². The molecule has 1 aromatic carbocycles. The molecule has 146 valence electrons. The van der Waals surface area contributed by atoms with Crippen molar-refractivity contribution in [3.63, 3.8) is 0 Å². The Hall–Kier alpha value is -1.71. The topological polar surface area (TPSA) is 97.0 Å². The van der Waals surface area contributed by atoms with Crippen LogP contribution in [-0.2, 0) is 10.0 Å². The maximum Gasteiger partial charge on any atom is 0.293 e. The Morgan fingerprint density at radius 2 is 1.85 bits per heavy atom. The minimum atomic E-state index is -3.72. The summed E-state index contributed by atoms with van der Waals surface area (Å²) in [6.07, 6.45) is 1.89. The first-order valence-corrected chi connectivity index (χ1v) is 10.7. The number of quaternary nitrogens is 1. The van der Waals surface area contributed by atoms with E-state index in [0.717, 1.165) is 32.5 Å². The zero-order valence-corrected chi connectivity index (χ0v) is 16.5. The second-order valence-corrected chi connectivity index (χ2v) is 8.49. The van der Waals surface area contributed by atoms with Crippen molar-refractivity contribution >= 4 is 21.4 Å². The van der Waals surface area contributed by atoms with Crippen LogP contribution in [0.3, 0.4) is 0 Å². The first kappa shape index (κ1) is 20.6. The van der Waals surface area contributed by atoms with Gasteiger partial charge in [-0.05, 0) is 19.1 Å². The molecule has 2 N–H and O–H groups in total. The average Bonchev–Trinajstić information content (AvgIpc) is 2.63. The van der Waals surface area contributed by atoms with Crippen LogP contribution in [0, 0.1) is 10.1 Å². The van der Waals surface area contributed by atoms with Crippen molar-refractivity contribution in [1.82, 2.24) is 4.31 Å². The Morgan fingerprint density at radius 1 is 1.23 bits per heavy atom. The van der Waals surface area contributed by atoms with E-state index in [1.165, 1.54) is 22.5 Å². The van der Waals surface area contributed by atoms with Gasteiger partial charge in [0.2, 0.25) is 10.0 Å². The molecule has 0 amide bonds. The fraction of sp³-hybridized carbons (Fsp3) is 0.647. The van der Waals surface area contributed by atoms with E-state index in [0.29, 0.717) is 18.8 Å². The highest BCUT2D eigenvalue weighted by atomic mass is 32.2. The lowest BCUT2D eigenvalue weighted by Crippen LogP contribution is -3.13. The molecule has 0 spiro atoms. The van der Waals surface area contributed by atoms with Crippen LogP contribution < -0.4 is 10.2 Å². The van der Waals surface area contributed by atoms with Gasteiger partial charge >= 0.3 is 0 Å². The van der Waals surface area contributed by atoms with E-state index in [-0.39, 0.29) is 16.6 Å². The van der Waals surface area contributed by atoms with Crippen molar-refractivity contribution in [2.45, 2.75) is 44.6 Å². The number of nitro benzene ring substituents is 1. The van der Waals surface area contributed by atoms with Gasteiger partial charge < -0.3 is 10.2 Å². The van der Waals surface area contributed by atoms with Crippen LogP contribution >= 0.6 is 0 Å². The first-order chi connectivity index (χ1) is 12.3. The van der Waals surface area contributed by atoms with Gasteiger partial charge in [-0.1, -0.05) is 13.8 Å². The van der Waals surface area contributed by atoms with Crippen molar-refractivity contribution in [3.05, 3.63) is 28.3 Å². The van der Waals surface area contributed by atoms with Gasteiger partial charge in [0, 0.05) is 38.0 Å². The number of nitrogens with one attached hydrogen (secondary N) is 2. The van der Waals surface area contributed by atoms with Crippen molar-refractivity contribution in [3.8, 4) is 0 Å². The molecule has 9 heteroatoms. The van der Waals surface area contributed by atoms with Crippen LogP contribution in [0.1, 0.15) is 33.6 Å². The molecule has 0 aliphatic carbocycles. The molecule has 1 aromatic rings. The molecule has 1 fully saturated rings. The third-order valence-corrected chi connectivity index (χ3v) is 7.11. The van der Waals surface area contributed by atoms with Crippen LogP contribution in [-0.4, -0.2) is 56.4 Å². The fourth-order valence-corrected chi connectivity index (χ4v) is 4.88. The minimum Gasteiger partial charge on any atom is -0.376 e. The van der Waals surface area contributed by atoms with Gasteiger partial charge in [-0.25, -0.2) is 8.42 Å². The van der Waals surface area contributed by atoms with Gasteiger partial charge in [0.1, 0.15) is 5.69 Å². The molecule has 1 aliphatic rings. The van der Waals surface area contributed by atoms with Crippen LogP contribution in [0.2, 0.25) is 0 Å². The average molecular weight is 386 g/mol. The fourth-order valence-electron chi connectivity index (χ4n) is 3.40. The van der Waals surface area contributed by atoms with E-state index < -0.39 is 14.9 Å². The largest absolute Gasteiger partial charge is 0.376 e. The van der Waals surface area contributed by atoms with Gasteiger partial charge in [-0.2, -0.15) is 4.31 Å². The SMILES string of the molecule is CCN(CC)S(=O)(=O)c1ccc(NC2CC[NH+](CC)CC2)c([N+](=O)[O-])c1. The number of hydrogen-bond donors (Lipinski definition) is 2. The molecule has 2 rings (SSSR count). The lowest BCUT2D eigenvalue weighted by atomic mass is 10.0. The molecular weight excluding hydrogens is 356 g/mol. The Morgan fingerprint density at radius 3 is 2.35 bits per heavy atom. The Balaban J connectivity index is 2.26. The highest BCUT2D eigenvalue weighted by Gasteiger charge is 2.27. The van der Waals surface area contributed by atoms with Gasteiger partial charge in [-0.15, -0.1) is 0 Å². The number of likely N-dealkylation sites (tertiary alicyclic amines) is 1. The number of piperidine rings is 1. The van der Waals surface area contributed by atoms with E-state index in [2.05, 4.69) is 12.2 Å². The molecule has 0 atom stereocenters. The van der Waals surface area contributed by atoms with E-state index in [9.17, 15) is 18.5 Å². The summed E-state index contributed by atoms with van der Waals surface area (Å²) in [6.45, 7) is 9.46. The molecular formula is C17H29N4O4S+. The number of sulfonamides is 1. The summed E-state index contributed by atoms with van der Waals surface area (Å²) in [4.78, 5) is 12.5. The van der Waals surface area contributed by atoms with E-state index >= 15 is 0 Å². The Labute approximate surface area is 155 Å². The minimum absolute atomic E-state index is 0.0382. The molecule has 1 saturated heterocycles. The van der Waals surface area contributed by atoms with Gasteiger partial charge in [-0.3, -0.25) is 10.1 Å². The summed E-state index contributed by atoms with van der Waals surface area (Å²) in [5.41, 5.74) is 0.196. The van der Waals surface area contributed by atoms with Crippen LogP contribution in [0.25, 0.3) is 0 Å². The number of nitrogens with zero attached hydrogens (tertiary/aromatic N) is 2. The summed E-state index contributed by atoms with van der Waals surface area (Å²) in [5, 5.41) is 14.8. The summed E-state index contributed by atoms with van der Waals surface area (Å²) in [7, 11) is -3.72. The Bertz CT molecular complexity index is 726. The molecule has 0 saturated carbocycles. The third-order valence-electron chi connectivity index (χ3n) is 5.06. The van der Waals surface area contributed by atoms with Gasteiger partial charge in [0.25, 0.3) is 5.69 Å². The maximum absolute atomic E-state index is 12.6. The molecule has 1 heterocycles. The zero-order chi connectivity index (χ0) is 19.3. The second kappa shape index (κ2) is 8.79. The smallest absolute Gasteiger partial charge is 0.293 e. The van der Waals surface area contributed by atoms with Crippen molar-refractivity contribution in [2.75, 3.05) is 38.0 Å². The standard InChI is InChI=1S/C17H28N4O4S/c1-4-19-11-9-14(10-12-19)18-16-8-7-15(13-17(16)21(22)23)26(24,25)20(5-2)6-3/h7-8,13-14,18H,4-6,9-12H2,1-3H3/p+1. The number of nitro groups is 1. The quantitative estimate of drug-likeness (QED) is 0.516. The summed E-state index contributed by atoms with van der Waals surface area (Å²) < 4.78 is 26.5. The summed E-state index contributed by atoms with van der Waals surface area (Å²) in [5.74, 6) is 0. The molecule has 0 bridgehead atoms. The molecule has 1 aliphatic heterocycles. The van der Waals surface area contributed by atoms with Gasteiger partial charge in [0.15, 0.2) is 0 Å². The first-order valence-electron chi connectivity index (χ1n) is 9.22. The van der Waals surface area contributed by atoms with Crippen LogP contribution in [0.5, 0.6) is 0 Å². The lowest BCUT2D eigenvalue weighted by Gasteiger charge is -2.29.